The maximum atomic E-state index is 6.46. The monoisotopic (exact) mass is 657 g/mol. The third-order valence-electron chi connectivity index (χ3n) is 9.23. The number of ether oxygens (including phenoxy) is 2. The van der Waals surface area contributed by atoms with E-state index in [4.69, 9.17) is 23.9 Å². The summed E-state index contributed by atoms with van der Waals surface area (Å²) in [5, 5.41) is 2.12. The molecule has 6 heteroatoms. The molecule has 0 unspecified atom stereocenters. The first-order valence-electron chi connectivity index (χ1n) is 16.7. The fourth-order valence-corrected chi connectivity index (χ4v) is 6.75. The van der Waals surface area contributed by atoms with Gasteiger partial charge in [-0.05, 0) is 83.4 Å². The molecule has 6 nitrogen and oxygen atoms in total. The van der Waals surface area contributed by atoms with Crippen LogP contribution in [0.25, 0.3) is 78.1 Å². The number of pyridine rings is 1. The molecule has 0 aliphatic carbocycles. The van der Waals surface area contributed by atoms with E-state index in [9.17, 15) is 0 Å². The number of fused-ring (bicyclic) bond motifs is 5. The van der Waals surface area contributed by atoms with Gasteiger partial charge in [0.25, 0.3) is 0 Å². The van der Waals surface area contributed by atoms with Crippen LogP contribution in [0.15, 0.2) is 168 Å². The van der Waals surface area contributed by atoms with Gasteiger partial charge in [-0.2, -0.15) is 0 Å². The average Bonchev–Trinajstić information content (AvgIpc) is 3.59. The van der Waals surface area contributed by atoms with Crippen LogP contribution in [0.1, 0.15) is 0 Å². The van der Waals surface area contributed by atoms with Gasteiger partial charge in [-0.3, -0.25) is 4.98 Å². The largest absolute Gasteiger partial charge is 0.455 e. The van der Waals surface area contributed by atoms with E-state index in [0.717, 1.165) is 72.3 Å². The van der Waals surface area contributed by atoms with Gasteiger partial charge in [0.2, 0.25) is 0 Å². The van der Waals surface area contributed by atoms with Gasteiger partial charge in [0, 0.05) is 45.4 Å². The zero-order valence-corrected chi connectivity index (χ0v) is 27.2. The van der Waals surface area contributed by atoms with Crippen LogP contribution in [0, 0.1) is 0 Å². The highest BCUT2D eigenvalue weighted by molar-refractivity contribution is 6.09. The molecule has 0 fully saturated rings. The van der Waals surface area contributed by atoms with Crippen molar-refractivity contribution in [3.05, 3.63) is 164 Å². The van der Waals surface area contributed by atoms with E-state index in [1.807, 2.05) is 97.2 Å². The minimum atomic E-state index is 0.627. The lowest BCUT2D eigenvalue weighted by Crippen LogP contribution is -1.99. The van der Waals surface area contributed by atoms with Crippen molar-refractivity contribution in [1.29, 1.82) is 0 Å². The Morgan fingerprint density at radius 2 is 1.10 bits per heavy atom. The number of benzene rings is 6. The van der Waals surface area contributed by atoms with Crippen molar-refractivity contribution in [2.45, 2.75) is 0 Å². The summed E-state index contributed by atoms with van der Waals surface area (Å²) in [5.74, 6) is 3.35. The maximum absolute atomic E-state index is 6.46. The Hall–Kier alpha value is -7.05. The SMILES string of the molecule is c1ccc(-c2nc(-c3cc(-c4cccnc4)cc(-c4ccc5c(c4)Oc4ccccc4O5)c3)cc(-c3cccc4c3oc3ccccc34)n2)cc1. The fourth-order valence-electron chi connectivity index (χ4n) is 6.75. The average molecular weight is 658 g/mol. The standard InChI is InChI=1S/C45H27N3O3/c1-2-10-28(11-3-1)45-47-37(26-38(48-45)36-15-8-14-35-34-13-4-5-16-39(34)51-44(35)36)33-23-31(22-32(24-33)30-12-9-21-46-27-30)29-19-20-42-43(25-29)50-41-18-7-6-17-40(41)49-42/h1-27H. The third-order valence-corrected chi connectivity index (χ3v) is 9.23. The van der Waals surface area contributed by atoms with E-state index in [2.05, 4.69) is 65.6 Å². The van der Waals surface area contributed by atoms with Crippen LogP contribution in [0.3, 0.4) is 0 Å². The first kappa shape index (κ1) is 28.9. The topological polar surface area (TPSA) is 70.3 Å². The molecule has 4 heterocycles. The molecule has 6 aromatic carbocycles. The number of para-hydroxylation sites is 4. The first-order chi connectivity index (χ1) is 25.2. The van der Waals surface area contributed by atoms with Gasteiger partial charge in [-0.15, -0.1) is 0 Å². The Morgan fingerprint density at radius 1 is 0.412 bits per heavy atom. The maximum Gasteiger partial charge on any atom is 0.170 e. The molecule has 0 saturated carbocycles. The summed E-state index contributed by atoms with van der Waals surface area (Å²) in [7, 11) is 0. The summed E-state index contributed by atoms with van der Waals surface area (Å²) in [6.45, 7) is 0. The van der Waals surface area contributed by atoms with Crippen molar-refractivity contribution >= 4 is 21.9 Å². The molecule has 0 bridgehead atoms. The summed E-state index contributed by atoms with van der Waals surface area (Å²) in [6.07, 6.45) is 3.67. The van der Waals surface area contributed by atoms with Crippen molar-refractivity contribution in [3.8, 4) is 79.2 Å². The molecule has 0 N–H and O–H groups in total. The molecule has 1 aliphatic rings. The van der Waals surface area contributed by atoms with Crippen molar-refractivity contribution in [2.75, 3.05) is 0 Å². The second-order valence-corrected chi connectivity index (χ2v) is 12.5. The van der Waals surface area contributed by atoms with Crippen LogP contribution in [-0.4, -0.2) is 15.0 Å². The van der Waals surface area contributed by atoms with Gasteiger partial charge < -0.3 is 13.9 Å². The minimum Gasteiger partial charge on any atom is -0.455 e. The van der Waals surface area contributed by atoms with Gasteiger partial charge in [-0.25, -0.2) is 9.97 Å². The van der Waals surface area contributed by atoms with E-state index in [-0.39, 0.29) is 0 Å². The number of hydrogen-bond acceptors (Lipinski definition) is 6. The first-order valence-corrected chi connectivity index (χ1v) is 16.7. The van der Waals surface area contributed by atoms with Crippen molar-refractivity contribution in [1.82, 2.24) is 15.0 Å². The number of hydrogen-bond donors (Lipinski definition) is 0. The highest BCUT2D eigenvalue weighted by Crippen LogP contribution is 2.47. The molecule has 0 atom stereocenters. The second-order valence-electron chi connectivity index (χ2n) is 12.5. The van der Waals surface area contributed by atoms with E-state index in [1.54, 1.807) is 6.20 Å². The number of rotatable bonds is 5. The molecule has 0 saturated heterocycles. The van der Waals surface area contributed by atoms with Crippen LogP contribution in [0.2, 0.25) is 0 Å². The van der Waals surface area contributed by atoms with Crippen LogP contribution in [0.4, 0.5) is 0 Å². The van der Waals surface area contributed by atoms with Gasteiger partial charge in [0.1, 0.15) is 11.2 Å². The molecule has 3 aromatic heterocycles. The Morgan fingerprint density at radius 3 is 1.94 bits per heavy atom. The summed E-state index contributed by atoms with van der Waals surface area (Å²) in [5.41, 5.74) is 9.94. The minimum absolute atomic E-state index is 0.627. The Bertz CT molecular complexity index is 2760. The smallest absolute Gasteiger partial charge is 0.170 e. The Labute approximate surface area is 293 Å². The van der Waals surface area contributed by atoms with Crippen molar-refractivity contribution in [3.63, 3.8) is 0 Å². The number of aromatic nitrogens is 3. The summed E-state index contributed by atoms with van der Waals surface area (Å²) < 4.78 is 18.9. The molecule has 51 heavy (non-hydrogen) atoms. The van der Waals surface area contributed by atoms with E-state index >= 15 is 0 Å². The van der Waals surface area contributed by atoms with Gasteiger partial charge in [0.05, 0.1) is 11.4 Å². The molecule has 0 radical (unpaired) electrons. The van der Waals surface area contributed by atoms with Crippen LogP contribution >= 0.6 is 0 Å². The summed E-state index contributed by atoms with van der Waals surface area (Å²) in [6, 6.07) is 50.8. The third kappa shape index (κ3) is 5.18. The highest BCUT2D eigenvalue weighted by atomic mass is 16.6. The van der Waals surface area contributed by atoms with Crippen molar-refractivity contribution < 1.29 is 13.9 Å². The summed E-state index contributed by atoms with van der Waals surface area (Å²) >= 11 is 0. The molecule has 240 valence electrons. The number of nitrogens with zero attached hydrogens (tertiary/aromatic N) is 3. The molecule has 9 aromatic rings. The normalized spacial score (nSPS) is 11.8. The van der Waals surface area contributed by atoms with Crippen LogP contribution < -0.4 is 9.47 Å². The second kappa shape index (κ2) is 11.8. The lowest BCUT2D eigenvalue weighted by atomic mass is 9.94. The predicted octanol–water partition coefficient (Wildman–Crippen LogP) is 12.0. The zero-order valence-electron chi connectivity index (χ0n) is 27.2. The lowest BCUT2D eigenvalue weighted by molar-refractivity contribution is 0.360. The number of furan rings is 1. The fraction of sp³-hybridized carbons (Fsp3) is 0. The van der Waals surface area contributed by atoms with Crippen molar-refractivity contribution in [2.24, 2.45) is 0 Å². The molecule has 0 amide bonds. The lowest BCUT2D eigenvalue weighted by Gasteiger charge is -2.21. The van der Waals surface area contributed by atoms with E-state index in [1.165, 1.54) is 0 Å². The van der Waals surface area contributed by atoms with Crippen LogP contribution in [0.5, 0.6) is 23.0 Å². The zero-order chi connectivity index (χ0) is 33.7. The van der Waals surface area contributed by atoms with Gasteiger partial charge in [-0.1, -0.05) is 84.9 Å². The molecule has 10 rings (SSSR count). The molecular formula is C45H27N3O3. The Balaban J connectivity index is 1.17. The van der Waals surface area contributed by atoms with E-state index < -0.39 is 0 Å². The van der Waals surface area contributed by atoms with Gasteiger partial charge >= 0.3 is 0 Å². The molecule has 1 aliphatic heterocycles. The molecular weight excluding hydrogens is 631 g/mol. The highest BCUT2D eigenvalue weighted by Gasteiger charge is 2.21. The predicted molar refractivity (Wildman–Crippen MR) is 201 cm³/mol. The summed E-state index contributed by atoms with van der Waals surface area (Å²) in [4.78, 5) is 14.7. The quantitative estimate of drug-likeness (QED) is 0.183. The van der Waals surface area contributed by atoms with E-state index in [0.29, 0.717) is 28.8 Å². The van der Waals surface area contributed by atoms with Crippen LogP contribution in [-0.2, 0) is 0 Å². The molecule has 0 spiro atoms. The Kier molecular flexibility index (Phi) is 6.70. The van der Waals surface area contributed by atoms with Gasteiger partial charge in [0.15, 0.2) is 28.8 Å².